The summed E-state index contributed by atoms with van der Waals surface area (Å²) >= 11 is 7.30. The summed E-state index contributed by atoms with van der Waals surface area (Å²) in [6.07, 6.45) is 1.79. The number of nitrogens with zero attached hydrogens (tertiary/aromatic N) is 2. The second-order valence-electron chi connectivity index (χ2n) is 6.95. The van der Waals surface area contributed by atoms with Gasteiger partial charge in [0.1, 0.15) is 6.61 Å². The van der Waals surface area contributed by atoms with Gasteiger partial charge >= 0.3 is 5.97 Å². The van der Waals surface area contributed by atoms with Gasteiger partial charge in [0.05, 0.1) is 26.9 Å². The van der Waals surface area contributed by atoms with Gasteiger partial charge in [0.15, 0.2) is 15.0 Å². The monoisotopic (exact) mass is 492 g/mol. The van der Waals surface area contributed by atoms with E-state index in [0.29, 0.717) is 10.8 Å². The fourth-order valence-electron chi connectivity index (χ4n) is 3.01. The number of aromatic nitrogens is 1. The van der Waals surface area contributed by atoms with Crippen molar-refractivity contribution in [3.63, 3.8) is 0 Å². The van der Waals surface area contributed by atoms with E-state index >= 15 is 0 Å². The van der Waals surface area contributed by atoms with Gasteiger partial charge < -0.3 is 4.74 Å². The van der Waals surface area contributed by atoms with Gasteiger partial charge in [-0.3, -0.25) is 9.69 Å². The quantitative estimate of drug-likeness (QED) is 0.439. The number of esters is 1. The number of amides is 1. The number of thiazole rings is 1. The summed E-state index contributed by atoms with van der Waals surface area (Å²) in [7, 11) is -3.50. The van der Waals surface area contributed by atoms with Crippen LogP contribution in [0.5, 0.6) is 0 Å². The molecule has 1 heterocycles. The molecule has 0 aliphatic rings. The molecular formula is C22H21ClN2O5S2. The first-order chi connectivity index (χ1) is 15.1. The summed E-state index contributed by atoms with van der Waals surface area (Å²) < 4.78 is 28.8. The molecule has 0 bridgehead atoms. The number of hydrogen-bond acceptors (Lipinski definition) is 7. The first-order valence-electron chi connectivity index (χ1n) is 9.61. The van der Waals surface area contributed by atoms with Crippen molar-refractivity contribution in [2.75, 3.05) is 11.2 Å². The minimum absolute atomic E-state index is 0.0310. The molecule has 1 aromatic heterocycles. The fraction of sp³-hybridized carbons (Fsp3) is 0.227. The van der Waals surface area contributed by atoms with Crippen molar-refractivity contribution in [1.82, 2.24) is 4.98 Å². The van der Waals surface area contributed by atoms with E-state index in [1.807, 2.05) is 31.2 Å². The summed E-state index contributed by atoms with van der Waals surface area (Å²) in [6, 6.07) is 11.4. The molecular weight excluding hydrogens is 472 g/mol. The number of benzene rings is 2. The molecule has 3 rings (SSSR count). The average molecular weight is 493 g/mol. The van der Waals surface area contributed by atoms with Gasteiger partial charge in [-0.25, -0.2) is 18.2 Å². The Morgan fingerprint density at radius 2 is 1.91 bits per heavy atom. The number of carbonyl (C=O) groups excluding carboxylic acids is 2. The number of sulfone groups is 1. The Morgan fingerprint density at radius 1 is 1.19 bits per heavy atom. The SMILES string of the molecule is CCc1ccccc1N(C(C)=O)c1nc(COC(=O)c2cc(S(C)(=O)=O)ccc2Cl)cs1. The Labute approximate surface area is 195 Å². The lowest BCUT2D eigenvalue weighted by Gasteiger charge is -2.20. The maximum atomic E-state index is 12.5. The van der Waals surface area contributed by atoms with Crippen molar-refractivity contribution in [3.8, 4) is 0 Å². The highest BCUT2D eigenvalue weighted by molar-refractivity contribution is 7.90. The van der Waals surface area contributed by atoms with E-state index in [9.17, 15) is 18.0 Å². The zero-order valence-electron chi connectivity index (χ0n) is 17.7. The predicted molar refractivity (Wildman–Crippen MR) is 124 cm³/mol. The van der Waals surface area contributed by atoms with Crippen LogP contribution in [0.1, 0.15) is 35.5 Å². The lowest BCUT2D eigenvalue weighted by molar-refractivity contribution is -0.115. The van der Waals surface area contributed by atoms with Crippen LogP contribution in [0.2, 0.25) is 5.02 Å². The maximum Gasteiger partial charge on any atom is 0.340 e. The van der Waals surface area contributed by atoms with Gasteiger partial charge in [0.2, 0.25) is 5.91 Å². The molecule has 0 fully saturated rings. The minimum atomic E-state index is -3.50. The molecule has 0 aliphatic carbocycles. The second-order valence-corrected chi connectivity index (χ2v) is 10.2. The smallest absolute Gasteiger partial charge is 0.340 e. The Bertz CT molecular complexity index is 1270. The molecule has 10 heteroatoms. The van der Waals surface area contributed by atoms with Gasteiger partial charge in [0, 0.05) is 18.6 Å². The molecule has 0 unspecified atom stereocenters. The van der Waals surface area contributed by atoms with Crippen molar-refractivity contribution in [3.05, 3.63) is 69.7 Å². The molecule has 1 amide bonds. The third-order valence-electron chi connectivity index (χ3n) is 4.60. The maximum absolute atomic E-state index is 12.5. The van der Waals surface area contributed by atoms with Crippen LogP contribution in [-0.2, 0) is 32.4 Å². The first kappa shape index (κ1) is 23.9. The molecule has 2 aromatic carbocycles. The Morgan fingerprint density at radius 3 is 2.56 bits per heavy atom. The zero-order chi connectivity index (χ0) is 23.5. The molecule has 0 spiro atoms. The molecule has 32 heavy (non-hydrogen) atoms. The van der Waals surface area contributed by atoms with E-state index in [0.717, 1.165) is 23.9 Å². The number of para-hydroxylation sites is 1. The van der Waals surface area contributed by atoms with Crippen LogP contribution < -0.4 is 4.90 Å². The van der Waals surface area contributed by atoms with E-state index < -0.39 is 15.8 Å². The van der Waals surface area contributed by atoms with E-state index in [1.165, 1.54) is 41.4 Å². The molecule has 0 N–H and O–H groups in total. The molecule has 7 nitrogen and oxygen atoms in total. The van der Waals surface area contributed by atoms with E-state index in [-0.39, 0.29) is 28.0 Å². The summed E-state index contributed by atoms with van der Waals surface area (Å²) in [6.45, 7) is 3.31. The highest BCUT2D eigenvalue weighted by atomic mass is 35.5. The zero-order valence-corrected chi connectivity index (χ0v) is 20.1. The molecule has 0 saturated carbocycles. The summed E-state index contributed by atoms with van der Waals surface area (Å²) in [5.74, 6) is -0.956. The van der Waals surface area contributed by atoms with E-state index in [2.05, 4.69) is 4.98 Å². The first-order valence-corrected chi connectivity index (χ1v) is 12.8. The number of aryl methyl sites for hydroxylation is 1. The van der Waals surface area contributed by atoms with Crippen LogP contribution in [0, 0.1) is 0 Å². The number of ether oxygens (including phenoxy) is 1. The standard InChI is InChI=1S/C22H21ClN2O5S2/c1-4-15-7-5-6-8-20(15)25(14(2)26)22-24-16(13-31-22)12-30-21(27)18-11-17(32(3,28)29)9-10-19(18)23/h5-11,13H,4,12H2,1-3H3. The molecule has 168 valence electrons. The predicted octanol–water partition coefficient (Wildman–Crippen LogP) is 4.80. The van der Waals surface area contributed by atoms with Gasteiger partial charge in [-0.1, -0.05) is 36.7 Å². The molecule has 0 saturated heterocycles. The van der Waals surface area contributed by atoms with Gasteiger partial charge in [-0.15, -0.1) is 11.3 Å². The van der Waals surface area contributed by atoms with Crippen molar-refractivity contribution >= 4 is 55.5 Å². The van der Waals surface area contributed by atoms with Crippen LogP contribution in [0.4, 0.5) is 10.8 Å². The lowest BCUT2D eigenvalue weighted by Crippen LogP contribution is -2.23. The van der Waals surface area contributed by atoms with Crippen molar-refractivity contribution in [2.45, 2.75) is 31.8 Å². The van der Waals surface area contributed by atoms with E-state index in [1.54, 1.807) is 5.38 Å². The fourth-order valence-corrected chi connectivity index (χ4v) is 4.72. The summed E-state index contributed by atoms with van der Waals surface area (Å²) in [5, 5.41) is 2.24. The summed E-state index contributed by atoms with van der Waals surface area (Å²) in [5.41, 5.74) is 2.16. The highest BCUT2D eigenvalue weighted by Gasteiger charge is 2.21. The van der Waals surface area contributed by atoms with Crippen molar-refractivity contribution in [1.29, 1.82) is 0 Å². The molecule has 0 aliphatic heterocycles. The third kappa shape index (κ3) is 5.35. The van der Waals surface area contributed by atoms with Crippen LogP contribution in [0.3, 0.4) is 0 Å². The lowest BCUT2D eigenvalue weighted by atomic mass is 10.1. The minimum Gasteiger partial charge on any atom is -0.456 e. The Balaban J connectivity index is 1.79. The van der Waals surface area contributed by atoms with Gasteiger partial charge in [-0.2, -0.15) is 0 Å². The number of rotatable bonds is 7. The number of anilines is 2. The molecule has 3 aromatic rings. The van der Waals surface area contributed by atoms with Crippen LogP contribution >= 0.6 is 22.9 Å². The normalized spacial score (nSPS) is 11.2. The Kier molecular flexibility index (Phi) is 7.33. The Hall–Kier alpha value is -2.75. The van der Waals surface area contributed by atoms with Crippen LogP contribution in [-0.4, -0.2) is 31.5 Å². The molecule has 0 radical (unpaired) electrons. The van der Waals surface area contributed by atoms with Crippen LogP contribution in [0.25, 0.3) is 0 Å². The summed E-state index contributed by atoms with van der Waals surface area (Å²) in [4.78, 5) is 30.8. The molecule has 0 atom stereocenters. The largest absolute Gasteiger partial charge is 0.456 e. The van der Waals surface area contributed by atoms with Gasteiger partial charge in [0.25, 0.3) is 0 Å². The number of hydrogen-bond donors (Lipinski definition) is 0. The van der Waals surface area contributed by atoms with E-state index in [4.69, 9.17) is 16.3 Å². The number of carbonyl (C=O) groups is 2. The topological polar surface area (TPSA) is 93.6 Å². The van der Waals surface area contributed by atoms with Gasteiger partial charge in [-0.05, 0) is 36.2 Å². The number of halogens is 1. The third-order valence-corrected chi connectivity index (χ3v) is 6.91. The second kappa shape index (κ2) is 9.81. The average Bonchev–Trinajstić information content (AvgIpc) is 3.20. The highest BCUT2D eigenvalue weighted by Crippen LogP contribution is 2.32. The van der Waals surface area contributed by atoms with Crippen LogP contribution in [0.15, 0.2) is 52.7 Å². The van der Waals surface area contributed by atoms with Crippen molar-refractivity contribution in [2.24, 2.45) is 0 Å². The van der Waals surface area contributed by atoms with Crippen molar-refractivity contribution < 1.29 is 22.7 Å².